The van der Waals surface area contributed by atoms with Gasteiger partial charge in [0.2, 0.25) is 0 Å². The van der Waals surface area contributed by atoms with Crippen molar-refractivity contribution in [3.8, 4) is 11.8 Å². The van der Waals surface area contributed by atoms with Crippen LogP contribution in [0.15, 0.2) is 28.4 Å². The van der Waals surface area contributed by atoms with E-state index in [2.05, 4.69) is 27.8 Å². The molecule has 0 aromatic carbocycles. The van der Waals surface area contributed by atoms with Gasteiger partial charge in [0.25, 0.3) is 0 Å². The molecule has 4 aliphatic heterocycles. The monoisotopic (exact) mass is 509 g/mol. The lowest BCUT2D eigenvalue weighted by Gasteiger charge is -2.41. The number of aliphatic hydroxyl groups is 1. The Morgan fingerprint density at radius 3 is 2.86 bits per heavy atom. The van der Waals surface area contributed by atoms with Crippen molar-refractivity contribution < 1.29 is 14.6 Å². The van der Waals surface area contributed by atoms with E-state index in [9.17, 15) is 10.4 Å². The number of aliphatic hydroxyl groups excluding tert-OH is 1. The van der Waals surface area contributed by atoms with Crippen LogP contribution in [0.4, 0.5) is 11.6 Å². The summed E-state index contributed by atoms with van der Waals surface area (Å²) in [5.41, 5.74) is 7.06. The highest BCUT2D eigenvalue weighted by molar-refractivity contribution is 7.99. The summed E-state index contributed by atoms with van der Waals surface area (Å²) in [5, 5.41) is 20.2. The molecular weight excluding hydrogens is 478 g/mol. The molecule has 0 radical (unpaired) electrons. The molecule has 190 valence electrons. The normalized spacial score (nSPS) is 28.5. The van der Waals surface area contributed by atoms with Gasteiger partial charge in [-0.25, -0.2) is 15.0 Å². The predicted octanol–water partition coefficient (Wildman–Crippen LogP) is 1.96. The van der Waals surface area contributed by atoms with Gasteiger partial charge in [-0.3, -0.25) is 0 Å². The fourth-order valence-corrected chi connectivity index (χ4v) is 6.88. The fourth-order valence-electron chi connectivity index (χ4n) is 6.02. The number of pyridine rings is 1. The quantitative estimate of drug-likeness (QED) is 0.626. The van der Waals surface area contributed by atoms with E-state index in [0.29, 0.717) is 30.5 Å². The minimum absolute atomic E-state index is 0.00168. The molecule has 1 spiro atoms. The molecule has 11 heteroatoms. The number of nitrogens with two attached hydrogens (primary N) is 1. The molecule has 4 aliphatic rings. The van der Waals surface area contributed by atoms with Crippen molar-refractivity contribution in [2.75, 3.05) is 42.6 Å². The van der Waals surface area contributed by atoms with Crippen molar-refractivity contribution in [2.24, 2.45) is 17.1 Å². The van der Waals surface area contributed by atoms with Crippen molar-refractivity contribution >= 4 is 23.4 Å². The Labute approximate surface area is 214 Å². The summed E-state index contributed by atoms with van der Waals surface area (Å²) in [5.74, 6) is 2.23. The molecule has 0 bridgehead atoms. The lowest BCUT2D eigenvalue weighted by Crippen LogP contribution is -2.51. The first-order valence-corrected chi connectivity index (χ1v) is 13.4. The highest BCUT2D eigenvalue weighted by Crippen LogP contribution is 2.45. The fraction of sp³-hybridized carbons (Fsp3) is 0.600. The molecule has 0 amide bonds. The summed E-state index contributed by atoms with van der Waals surface area (Å²) in [6.07, 6.45) is 6.29. The second-order valence-electron chi connectivity index (χ2n) is 10.3. The number of aromatic nitrogens is 3. The van der Waals surface area contributed by atoms with Crippen LogP contribution in [0, 0.1) is 22.7 Å². The topological polar surface area (TPSA) is 134 Å². The van der Waals surface area contributed by atoms with Crippen molar-refractivity contribution in [1.29, 1.82) is 5.26 Å². The number of nitrogens with zero attached hydrogens (tertiary/aromatic N) is 6. The van der Waals surface area contributed by atoms with E-state index in [-0.39, 0.29) is 36.1 Å². The second kappa shape index (κ2) is 9.34. The second-order valence-corrected chi connectivity index (χ2v) is 11.3. The molecule has 6 heterocycles. The number of hydrogen-bond acceptors (Lipinski definition) is 11. The van der Waals surface area contributed by atoms with Crippen LogP contribution in [-0.4, -0.2) is 71.1 Å². The Kier molecular flexibility index (Phi) is 6.16. The van der Waals surface area contributed by atoms with Gasteiger partial charge < -0.3 is 30.1 Å². The average molecular weight is 510 g/mol. The predicted molar refractivity (Wildman–Crippen MR) is 134 cm³/mol. The number of hydrogen-bond donors (Lipinski definition) is 2. The molecule has 2 aromatic rings. The first kappa shape index (κ1) is 23.7. The molecule has 36 heavy (non-hydrogen) atoms. The van der Waals surface area contributed by atoms with Crippen LogP contribution in [0.1, 0.15) is 31.9 Å². The van der Waals surface area contributed by atoms with Crippen LogP contribution in [0.3, 0.4) is 0 Å². The van der Waals surface area contributed by atoms with Crippen LogP contribution in [0.2, 0.25) is 0 Å². The van der Waals surface area contributed by atoms with Gasteiger partial charge in [0.15, 0.2) is 17.4 Å². The number of rotatable bonds is 4. The summed E-state index contributed by atoms with van der Waals surface area (Å²) in [6, 6.07) is 4.53. The zero-order valence-electron chi connectivity index (χ0n) is 20.3. The molecule has 2 unspecified atom stereocenters. The summed E-state index contributed by atoms with van der Waals surface area (Å²) < 4.78 is 12.0. The molecule has 3 saturated heterocycles. The summed E-state index contributed by atoms with van der Waals surface area (Å²) in [4.78, 5) is 19.3. The zero-order valence-corrected chi connectivity index (χ0v) is 21.2. The maximum Gasteiger partial charge on any atom is 0.175 e. The molecule has 0 saturated carbocycles. The van der Waals surface area contributed by atoms with Gasteiger partial charge in [-0.15, -0.1) is 0 Å². The molecule has 3 fully saturated rings. The summed E-state index contributed by atoms with van der Waals surface area (Å²) in [6.45, 7) is 5.42. The molecule has 0 aliphatic carbocycles. The van der Waals surface area contributed by atoms with E-state index in [1.807, 2.05) is 6.07 Å². The first-order chi connectivity index (χ1) is 17.5. The molecular formula is C25H31N7O3S. The third-order valence-corrected chi connectivity index (χ3v) is 9.16. The summed E-state index contributed by atoms with van der Waals surface area (Å²) in [7, 11) is 0. The lowest BCUT2D eigenvalue weighted by molar-refractivity contribution is 0.0973. The van der Waals surface area contributed by atoms with Crippen LogP contribution < -0.4 is 20.3 Å². The molecule has 2 aromatic heterocycles. The van der Waals surface area contributed by atoms with Crippen molar-refractivity contribution in [3.63, 3.8) is 0 Å². The Hall–Kier alpha value is -2.65. The van der Waals surface area contributed by atoms with Crippen LogP contribution in [0.25, 0.3) is 0 Å². The Morgan fingerprint density at radius 2 is 2.14 bits per heavy atom. The van der Waals surface area contributed by atoms with E-state index in [1.54, 1.807) is 12.4 Å². The van der Waals surface area contributed by atoms with E-state index in [1.165, 1.54) is 11.8 Å². The minimum Gasteiger partial charge on any atom is -0.486 e. The molecule has 6 rings (SSSR count). The number of piperidine rings is 1. The highest BCUT2D eigenvalue weighted by Gasteiger charge is 2.48. The van der Waals surface area contributed by atoms with E-state index >= 15 is 0 Å². The maximum absolute atomic E-state index is 10.1. The summed E-state index contributed by atoms with van der Waals surface area (Å²) >= 11 is 1.45. The third kappa shape index (κ3) is 3.96. The third-order valence-electron chi connectivity index (χ3n) is 8.21. The SMILES string of the molecule is C[C@@H]1OCC2(CCN(c3ncc(Sc4ccnc5c4OCC4CC(C#N)CN54)nc3CO)CC2)[C@@H]1N. The molecule has 4 atom stereocenters. The maximum atomic E-state index is 10.1. The number of ether oxygens (including phenoxy) is 2. The molecule has 10 nitrogen and oxygen atoms in total. The van der Waals surface area contributed by atoms with Gasteiger partial charge in [0.1, 0.15) is 17.3 Å². The van der Waals surface area contributed by atoms with Crippen LogP contribution in [-0.2, 0) is 11.3 Å². The van der Waals surface area contributed by atoms with Crippen molar-refractivity contribution in [3.05, 3.63) is 24.2 Å². The Balaban J connectivity index is 1.19. The van der Waals surface area contributed by atoms with Crippen molar-refractivity contribution in [2.45, 2.75) is 60.9 Å². The van der Waals surface area contributed by atoms with Crippen molar-refractivity contribution in [1.82, 2.24) is 15.0 Å². The largest absolute Gasteiger partial charge is 0.486 e. The van der Waals surface area contributed by atoms with Gasteiger partial charge in [0, 0.05) is 37.3 Å². The average Bonchev–Trinajstić information content (AvgIpc) is 3.46. The van der Waals surface area contributed by atoms with Crippen LogP contribution >= 0.6 is 11.8 Å². The van der Waals surface area contributed by atoms with Gasteiger partial charge in [-0.2, -0.15) is 5.26 Å². The number of fused-ring (bicyclic) bond motifs is 3. The number of nitriles is 1. The lowest BCUT2D eigenvalue weighted by atomic mass is 9.73. The van der Waals surface area contributed by atoms with E-state index in [0.717, 1.165) is 54.6 Å². The van der Waals surface area contributed by atoms with Crippen LogP contribution in [0.5, 0.6) is 5.75 Å². The zero-order chi connectivity index (χ0) is 24.9. The van der Waals surface area contributed by atoms with E-state index in [4.69, 9.17) is 25.2 Å². The number of anilines is 2. The standard InChI is InChI=1S/C25H31N7O3S/c1-15-22(27)25(14-35-15)3-6-31(7-4-25)23-18(12-33)30-20(10-29-23)36-19-2-5-28-24-21(19)34-13-17-8-16(9-26)11-32(17)24/h2,5,10,15-17,22,33H,3-4,6-8,11-14,27H2,1H3/t15-,16?,17?,22+/m0/s1. The van der Waals surface area contributed by atoms with Gasteiger partial charge in [0.05, 0.1) is 48.4 Å². The molecule has 3 N–H and O–H groups in total. The minimum atomic E-state index is -0.187. The van der Waals surface area contributed by atoms with Gasteiger partial charge >= 0.3 is 0 Å². The highest BCUT2D eigenvalue weighted by atomic mass is 32.2. The van der Waals surface area contributed by atoms with Gasteiger partial charge in [-0.1, -0.05) is 11.8 Å². The Bertz CT molecular complexity index is 1180. The van der Waals surface area contributed by atoms with E-state index < -0.39 is 0 Å². The Morgan fingerprint density at radius 1 is 1.31 bits per heavy atom. The smallest absolute Gasteiger partial charge is 0.175 e. The first-order valence-electron chi connectivity index (χ1n) is 12.6. The van der Waals surface area contributed by atoms with Gasteiger partial charge in [-0.05, 0) is 32.3 Å².